The number of aldehydes is 1. The second-order valence-corrected chi connectivity index (χ2v) is 4.88. The molecule has 1 rings (SSSR count). The average Bonchev–Trinajstić information content (AvgIpc) is 2.21. The average molecular weight is 225 g/mol. The Hall–Kier alpha value is -0.870. The van der Waals surface area contributed by atoms with Crippen molar-refractivity contribution >= 4 is 18.0 Å². The molecular weight excluding hydrogens is 210 g/mol. The summed E-state index contributed by atoms with van der Waals surface area (Å²) in [6.07, 6.45) is 3.13. The van der Waals surface area contributed by atoms with E-state index in [0.717, 1.165) is 23.3 Å². The molecule has 1 unspecified atom stereocenters. The standard InChI is InChI=1S/C11H15NO2S/c1-8-5-10(7-14)6-12-11(8)15-9(2)3-4-13/h5-7,9,13H,3-4H2,1-2H3. The van der Waals surface area contributed by atoms with E-state index in [1.807, 2.05) is 13.0 Å². The van der Waals surface area contributed by atoms with Gasteiger partial charge >= 0.3 is 0 Å². The molecule has 0 spiro atoms. The monoisotopic (exact) mass is 225 g/mol. The number of hydrogen-bond donors (Lipinski definition) is 1. The van der Waals surface area contributed by atoms with Gasteiger partial charge in [-0.3, -0.25) is 4.79 Å². The zero-order valence-corrected chi connectivity index (χ0v) is 9.75. The van der Waals surface area contributed by atoms with Crippen LogP contribution in [0.4, 0.5) is 0 Å². The van der Waals surface area contributed by atoms with Crippen LogP contribution in [-0.4, -0.2) is 28.2 Å². The number of aliphatic hydroxyl groups excluding tert-OH is 1. The summed E-state index contributed by atoms with van der Waals surface area (Å²) in [7, 11) is 0. The summed E-state index contributed by atoms with van der Waals surface area (Å²) in [5.41, 5.74) is 1.61. The summed E-state index contributed by atoms with van der Waals surface area (Å²) < 4.78 is 0. The third-order valence-corrected chi connectivity index (χ3v) is 3.32. The lowest BCUT2D eigenvalue weighted by Gasteiger charge is -2.10. The number of carbonyl (C=O) groups excluding carboxylic acids is 1. The molecule has 0 saturated carbocycles. The predicted octanol–water partition coefficient (Wildman–Crippen LogP) is 2.07. The molecule has 0 fully saturated rings. The highest BCUT2D eigenvalue weighted by Gasteiger charge is 2.07. The van der Waals surface area contributed by atoms with Gasteiger partial charge in [-0.25, -0.2) is 4.98 Å². The summed E-state index contributed by atoms with van der Waals surface area (Å²) in [5.74, 6) is 0. The van der Waals surface area contributed by atoms with Crippen LogP contribution in [0.5, 0.6) is 0 Å². The molecule has 0 aromatic carbocycles. The molecule has 1 aromatic rings. The Morgan fingerprint density at radius 3 is 2.93 bits per heavy atom. The van der Waals surface area contributed by atoms with Crippen LogP contribution in [-0.2, 0) is 0 Å². The fourth-order valence-electron chi connectivity index (χ4n) is 1.20. The summed E-state index contributed by atoms with van der Waals surface area (Å²) >= 11 is 1.63. The SMILES string of the molecule is Cc1cc(C=O)cnc1SC(C)CCO. The highest BCUT2D eigenvalue weighted by Crippen LogP contribution is 2.26. The zero-order valence-electron chi connectivity index (χ0n) is 8.93. The normalized spacial score (nSPS) is 12.5. The van der Waals surface area contributed by atoms with E-state index < -0.39 is 0 Å². The van der Waals surface area contributed by atoms with E-state index in [-0.39, 0.29) is 6.61 Å². The van der Waals surface area contributed by atoms with Crippen molar-refractivity contribution in [3.63, 3.8) is 0 Å². The van der Waals surface area contributed by atoms with Crippen LogP contribution in [0.3, 0.4) is 0 Å². The van der Waals surface area contributed by atoms with Crippen LogP contribution in [0.15, 0.2) is 17.3 Å². The van der Waals surface area contributed by atoms with Gasteiger partial charge in [0.2, 0.25) is 0 Å². The van der Waals surface area contributed by atoms with Crippen LogP contribution in [0.1, 0.15) is 29.3 Å². The maximum atomic E-state index is 10.5. The minimum absolute atomic E-state index is 0.194. The number of pyridine rings is 1. The number of carbonyl (C=O) groups is 1. The van der Waals surface area contributed by atoms with Crippen molar-refractivity contribution in [3.05, 3.63) is 23.4 Å². The molecule has 1 N–H and O–H groups in total. The Kier molecular flexibility index (Phi) is 4.78. The molecule has 82 valence electrons. The second kappa shape index (κ2) is 5.88. The smallest absolute Gasteiger partial charge is 0.151 e. The van der Waals surface area contributed by atoms with Crippen LogP contribution >= 0.6 is 11.8 Å². The molecule has 0 radical (unpaired) electrons. The first-order valence-corrected chi connectivity index (χ1v) is 5.74. The van der Waals surface area contributed by atoms with E-state index >= 15 is 0 Å². The molecule has 0 saturated heterocycles. The van der Waals surface area contributed by atoms with Crippen LogP contribution in [0.2, 0.25) is 0 Å². The summed E-state index contributed by atoms with van der Waals surface area (Å²) in [5, 5.41) is 10.1. The van der Waals surface area contributed by atoms with Gasteiger partial charge in [0.05, 0.1) is 5.03 Å². The summed E-state index contributed by atoms with van der Waals surface area (Å²) in [4.78, 5) is 14.7. The number of aromatic nitrogens is 1. The third-order valence-electron chi connectivity index (χ3n) is 2.04. The summed E-state index contributed by atoms with van der Waals surface area (Å²) in [6.45, 7) is 4.18. The van der Waals surface area contributed by atoms with E-state index in [0.29, 0.717) is 10.8 Å². The molecule has 0 aliphatic carbocycles. The van der Waals surface area contributed by atoms with Crippen molar-refractivity contribution in [1.29, 1.82) is 0 Å². The van der Waals surface area contributed by atoms with E-state index in [2.05, 4.69) is 11.9 Å². The van der Waals surface area contributed by atoms with Gasteiger partial charge in [-0.1, -0.05) is 6.92 Å². The highest BCUT2D eigenvalue weighted by molar-refractivity contribution is 7.99. The molecule has 1 aromatic heterocycles. The first-order chi connectivity index (χ1) is 7.17. The zero-order chi connectivity index (χ0) is 11.3. The van der Waals surface area contributed by atoms with Crippen LogP contribution < -0.4 is 0 Å². The minimum atomic E-state index is 0.194. The number of nitrogens with zero attached hydrogens (tertiary/aromatic N) is 1. The molecule has 0 aliphatic rings. The lowest BCUT2D eigenvalue weighted by Crippen LogP contribution is -2.01. The Bertz CT molecular complexity index is 341. The predicted molar refractivity (Wildman–Crippen MR) is 61.4 cm³/mol. The van der Waals surface area contributed by atoms with Crippen LogP contribution in [0.25, 0.3) is 0 Å². The molecule has 4 heteroatoms. The lowest BCUT2D eigenvalue weighted by molar-refractivity contribution is 0.112. The molecule has 0 bridgehead atoms. The Balaban J connectivity index is 2.73. The fraction of sp³-hybridized carbons (Fsp3) is 0.455. The molecule has 0 aliphatic heterocycles. The molecular formula is C11H15NO2S. The van der Waals surface area contributed by atoms with Gasteiger partial charge in [-0.15, -0.1) is 11.8 Å². The van der Waals surface area contributed by atoms with E-state index in [1.54, 1.807) is 18.0 Å². The first kappa shape index (κ1) is 12.2. The first-order valence-electron chi connectivity index (χ1n) is 4.86. The van der Waals surface area contributed by atoms with Gasteiger partial charge < -0.3 is 5.11 Å². The van der Waals surface area contributed by atoms with Gasteiger partial charge in [0.15, 0.2) is 6.29 Å². The van der Waals surface area contributed by atoms with Gasteiger partial charge in [0, 0.05) is 23.6 Å². The van der Waals surface area contributed by atoms with E-state index in [9.17, 15) is 4.79 Å². The maximum Gasteiger partial charge on any atom is 0.151 e. The molecule has 0 amide bonds. The van der Waals surface area contributed by atoms with E-state index in [1.165, 1.54) is 0 Å². The van der Waals surface area contributed by atoms with Crippen molar-refractivity contribution in [2.24, 2.45) is 0 Å². The third kappa shape index (κ3) is 3.64. The molecule has 3 nitrogen and oxygen atoms in total. The fourth-order valence-corrected chi connectivity index (χ4v) is 2.17. The maximum absolute atomic E-state index is 10.5. The highest BCUT2D eigenvalue weighted by atomic mass is 32.2. The molecule has 15 heavy (non-hydrogen) atoms. The Labute approximate surface area is 93.9 Å². The number of aryl methyl sites for hydroxylation is 1. The molecule has 1 heterocycles. The minimum Gasteiger partial charge on any atom is -0.396 e. The number of rotatable bonds is 5. The topological polar surface area (TPSA) is 50.2 Å². The quantitative estimate of drug-likeness (QED) is 0.615. The van der Waals surface area contributed by atoms with Crippen molar-refractivity contribution in [2.45, 2.75) is 30.5 Å². The Morgan fingerprint density at radius 1 is 1.67 bits per heavy atom. The van der Waals surface area contributed by atoms with Crippen molar-refractivity contribution in [2.75, 3.05) is 6.61 Å². The summed E-state index contributed by atoms with van der Waals surface area (Å²) in [6, 6.07) is 1.83. The van der Waals surface area contributed by atoms with Crippen molar-refractivity contribution < 1.29 is 9.90 Å². The van der Waals surface area contributed by atoms with Crippen molar-refractivity contribution in [3.8, 4) is 0 Å². The van der Waals surface area contributed by atoms with Gasteiger partial charge in [-0.2, -0.15) is 0 Å². The van der Waals surface area contributed by atoms with Gasteiger partial charge in [-0.05, 0) is 25.0 Å². The Morgan fingerprint density at radius 2 is 2.40 bits per heavy atom. The number of hydrogen-bond acceptors (Lipinski definition) is 4. The van der Waals surface area contributed by atoms with Crippen molar-refractivity contribution in [1.82, 2.24) is 4.98 Å². The van der Waals surface area contributed by atoms with Gasteiger partial charge in [0.1, 0.15) is 0 Å². The second-order valence-electron chi connectivity index (χ2n) is 3.45. The largest absolute Gasteiger partial charge is 0.396 e. The van der Waals surface area contributed by atoms with E-state index in [4.69, 9.17) is 5.11 Å². The number of thioether (sulfide) groups is 1. The number of aliphatic hydroxyl groups is 1. The van der Waals surface area contributed by atoms with Gasteiger partial charge in [0.25, 0.3) is 0 Å². The molecule has 1 atom stereocenters. The lowest BCUT2D eigenvalue weighted by atomic mass is 10.2. The van der Waals surface area contributed by atoms with Crippen LogP contribution in [0, 0.1) is 6.92 Å².